The third-order valence-electron chi connectivity index (χ3n) is 5.09. The zero-order valence-electron chi connectivity index (χ0n) is 14.3. The average Bonchev–Trinajstić information content (AvgIpc) is 3.39. The molecular formula is C19H19N5O2. The predicted octanol–water partition coefficient (Wildman–Crippen LogP) is 2.14. The van der Waals surface area contributed by atoms with Crippen LogP contribution in [0.1, 0.15) is 31.7 Å². The minimum Gasteiger partial charge on any atom is -0.338 e. The lowest BCUT2D eigenvalue weighted by molar-refractivity contribution is -0.137. The van der Waals surface area contributed by atoms with E-state index in [1.54, 1.807) is 21.9 Å². The molecule has 3 heterocycles. The van der Waals surface area contributed by atoms with Crippen LogP contribution in [0.3, 0.4) is 0 Å². The molecule has 132 valence electrons. The number of carbonyl (C=O) groups excluding carboxylic acids is 1. The first-order valence-corrected chi connectivity index (χ1v) is 8.73. The summed E-state index contributed by atoms with van der Waals surface area (Å²) < 4.78 is 1.63. The second-order valence-corrected chi connectivity index (χ2v) is 6.81. The van der Waals surface area contributed by atoms with Crippen LogP contribution < -0.4 is 5.56 Å². The van der Waals surface area contributed by atoms with Crippen LogP contribution in [-0.4, -0.2) is 39.1 Å². The number of hydrogen-bond acceptors (Lipinski definition) is 5. The third kappa shape index (κ3) is 2.99. The highest BCUT2D eigenvalue weighted by atomic mass is 16.2. The van der Waals surface area contributed by atoms with Gasteiger partial charge >= 0.3 is 0 Å². The van der Waals surface area contributed by atoms with E-state index in [1.807, 2.05) is 18.2 Å². The number of hydrogen-bond donors (Lipinski definition) is 0. The molecule has 1 fully saturated rings. The van der Waals surface area contributed by atoms with Crippen LogP contribution in [0.25, 0.3) is 10.9 Å². The van der Waals surface area contributed by atoms with Gasteiger partial charge in [-0.25, -0.2) is 4.98 Å². The summed E-state index contributed by atoms with van der Waals surface area (Å²) in [5, 5.41) is 8.71. The van der Waals surface area contributed by atoms with E-state index in [0.29, 0.717) is 49.7 Å². The number of para-hydroxylation sites is 1. The van der Waals surface area contributed by atoms with E-state index >= 15 is 0 Å². The first-order chi connectivity index (χ1) is 12.6. The van der Waals surface area contributed by atoms with Crippen LogP contribution in [0.2, 0.25) is 0 Å². The van der Waals surface area contributed by atoms with E-state index in [9.17, 15) is 9.59 Å². The van der Waals surface area contributed by atoms with E-state index in [2.05, 4.69) is 21.1 Å². The topological polar surface area (TPSA) is 79.9 Å². The molecule has 4 rings (SSSR count). The maximum Gasteiger partial charge on any atom is 0.261 e. The van der Waals surface area contributed by atoms with Crippen molar-refractivity contribution in [3.63, 3.8) is 0 Å². The maximum absolute atomic E-state index is 12.6. The van der Waals surface area contributed by atoms with Gasteiger partial charge in [0.15, 0.2) is 5.66 Å². The van der Waals surface area contributed by atoms with Crippen LogP contribution >= 0.6 is 0 Å². The molecule has 2 aliphatic rings. The summed E-state index contributed by atoms with van der Waals surface area (Å²) in [6.45, 7) is 1.06. The van der Waals surface area contributed by atoms with Gasteiger partial charge in [-0.2, -0.15) is 10.2 Å². The van der Waals surface area contributed by atoms with E-state index in [1.165, 1.54) is 0 Å². The Kier molecular flexibility index (Phi) is 4.03. The van der Waals surface area contributed by atoms with Crippen molar-refractivity contribution in [2.24, 2.45) is 10.2 Å². The van der Waals surface area contributed by atoms with Crippen molar-refractivity contribution in [3.8, 4) is 12.3 Å². The highest BCUT2D eigenvalue weighted by Crippen LogP contribution is 2.38. The Bertz CT molecular complexity index is 975. The van der Waals surface area contributed by atoms with Crippen molar-refractivity contribution in [1.29, 1.82) is 0 Å². The zero-order chi connectivity index (χ0) is 18.1. The number of carbonyl (C=O) groups is 1. The number of fused-ring (bicyclic) bond motifs is 1. The summed E-state index contributed by atoms with van der Waals surface area (Å²) in [7, 11) is 0. The SMILES string of the molecule is C#CCCC1(CCC(=O)N2CC(n3cnc4ccccc4c3=O)C2)N=N1. The van der Waals surface area contributed by atoms with Crippen LogP contribution in [0, 0.1) is 12.3 Å². The van der Waals surface area contributed by atoms with Gasteiger partial charge in [0, 0.05) is 38.8 Å². The fraction of sp³-hybridized carbons (Fsp3) is 0.421. The number of benzene rings is 1. The molecule has 0 radical (unpaired) electrons. The smallest absolute Gasteiger partial charge is 0.261 e. The van der Waals surface area contributed by atoms with Crippen LogP contribution in [0.4, 0.5) is 0 Å². The Labute approximate surface area is 150 Å². The number of likely N-dealkylation sites (tertiary alicyclic amines) is 1. The minimum absolute atomic E-state index is 0.0192. The molecule has 1 amide bonds. The van der Waals surface area contributed by atoms with Gasteiger partial charge in [0.25, 0.3) is 5.56 Å². The Balaban J connectivity index is 1.34. The van der Waals surface area contributed by atoms with Gasteiger partial charge in [-0.3, -0.25) is 14.2 Å². The molecule has 26 heavy (non-hydrogen) atoms. The summed E-state index contributed by atoms with van der Waals surface area (Å²) >= 11 is 0. The number of amides is 1. The van der Waals surface area contributed by atoms with Gasteiger partial charge in [0.1, 0.15) is 0 Å². The molecule has 0 unspecified atom stereocenters. The van der Waals surface area contributed by atoms with Crippen LogP contribution in [0.5, 0.6) is 0 Å². The molecule has 2 aliphatic heterocycles. The highest BCUT2D eigenvalue weighted by Gasteiger charge is 2.41. The van der Waals surface area contributed by atoms with Gasteiger partial charge in [-0.15, -0.1) is 12.3 Å². The van der Waals surface area contributed by atoms with Crippen molar-refractivity contribution in [1.82, 2.24) is 14.5 Å². The molecule has 7 nitrogen and oxygen atoms in total. The highest BCUT2D eigenvalue weighted by molar-refractivity contribution is 5.78. The van der Waals surface area contributed by atoms with Crippen molar-refractivity contribution in [2.45, 2.75) is 37.4 Å². The lowest BCUT2D eigenvalue weighted by Crippen LogP contribution is -2.52. The molecule has 7 heteroatoms. The van der Waals surface area contributed by atoms with E-state index in [4.69, 9.17) is 6.42 Å². The Morgan fingerprint density at radius 1 is 1.27 bits per heavy atom. The van der Waals surface area contributed by atoms with E-state index in [0.717, 1.165) is 0 Å². The first kappa shape index (κ1) is 16.5. The summed E-state index contributed by atoms with van der Waals surface area (Å²) in [4.78, 5) is 31.0. The molecule has 0 N–H and O–H groups in total. The van der Waals surface area contributed by atoms with Crippen LogP contribution in [0.15, 0.2) is 45.6 Å². The normalized spacial score (nSPS) is 17.7. The van der Waals surface area contributed by atoms with Gasteiger partial charge in [-0.1, -0.05) is 12.1 Å². The molecular weight excluding hydrogens is 330 g/mol. The van der Waals surface area contributed by atoms with Gasteiger partial charge in [0.05, 0.1) is 23.3 Å². The summed E-state index contributed by atoms with van der Waals surface area (Å²) in [5.41, 5.74) is 0.206. The summed E-state index contributed by atoms with van der Waals surface area (Å²) in [6.07, 6.45) is 9.17. The van der Waals surface area contributed by atoms with E-state index < -0.39 is 5.66 Å². The largest absolute Gasteiger partial charge is 0.338 e. The number of nitrogens with zero attached hydrogens (tertiary/aromatic N) is 5. The number of aromatic nitrogens is 2. The molecule has 1 saturated heterocycles. The van der Waals surface area contributed by atoms with Crippen molar-refractivity contribution < 1.29 is 4.79 Å². The molecule has 0 spiro atoms. The molecule has 0 bridgehead atoms. The fourth-order valence-electron chi connectivity index (χ4n) is 3.31. The van der Waals surface area contributed by atoms with Crippen molar-refractivity contribution in [2.75, 3.05) is 13.1 Å². The van der Waals surface area contributed by atoms with Gasteiger partial charge < -0.3 is 4.90 Å². The van der Waals surface area contributed by atoms with Crippen LogP contribution in [-0.2, 0) is 4.79 Å². The summed E-state index contributed by atoms with van der Waals surface area (Å²) in [5.74, 6) is 2.65. The lowest BCUT2D eigenvalue weighted by Gasteiger charge is -2.40. The maximum atomic E-state index is 12.6. The standard InChI is InChI=1S/C19H19N5O2/c1-2-3-9-19(21-22-19)10-8-17(25)23-11-14(12-23)24-13-20-16-7-5-4-6-15(16)18(24)26/h1,4-7,13-14H,3,8-12H2. The average molecular weight is 349 g/mol. The number of rotatable bonds is 6. The first-order valence-electron chi connectivity index (χ1n) is 8.73. The van der Waals surface area contributed by atoms with Gasteiger partial charge in [-0.05, 0) is 12.1 Å². The Hall–Kier alpha value is -3.01. The molecule has 0 atom stereocenters. The Morgan fingerprint density at radius 3 is 2.77 bits per heavy atom. The molecule has 1 aromatic carbocycles. The van der Waals surface area contributed by atoms with Crippen molar-refractivity contribution >= 4 is 16.8 Å². The minimum atomic E-state index is -0.425. The Morgan fingerprint density at radius 2 is 2.04 bits per heavy atom. The molecule has 0 aliphatic carbocycles. The van der Waals surface area contributed by atoms with E-state index in [-0.39, 0.29) is 17.5 Å². The fourth-order valence-corrected chi connectivity index (χ4v) is 3.31. The zero-order valence-corrected chi connectivity index (χ0v) is 14.3. The molecule has 1 aromatic heterocycles. The second kappa shape index (κ2) is 6.37. The second-order valence-electron chi connectivity index (χ2n) is 6.81. The quantitative estimate of drug-likeness (QED) is 0.749. The predicted molar refractivity (Wildman–Crippen MR) is 96.5 cm³/mol. The lowest BCUT2D eigenvalue weighted by atomic mass is 10.0. The van der Waals surface area contributed by atoms with Crippen molar-refractivity contribution in [3.05, 3.63) is 40.9 Å². The van der Waals surface area contributed by atoms with Gasteiger partial charge in [0.2, 0.25) is 5.91 Å². The molecule has 2 aromatic rings. The summed E-state index contributed by atoms with van der Waals surface area (Å²) in [6, 6.07) is 7.27. The monoisotopic (exact) mass is 349 g/mol. The third-order valence-corrected chi connectivity index (χ3v) is 5.09. The number of terminal acetylenes is 1. The molecule has 0 saturated carbocycles.